The van der Waals surface area contributed by atoms with Crippen molar-refractivity contribution in [3.8, 4) is 11.6 Å². The first kappa shape index (κ1) is 14.4. The second-order valence-corrected chi connectivity index (χ2v) is 4.56. The number of carbonyl (C=O) groups is 1. The summed E-state index contributed by atoms with van der Waals surface area (Å²) >= 11 is 0. The summed E-state index contributed by atoms with van der Waals surface area (Å²) in [5, 5.41) is 20.2. The number of aromatic nitrogens is 2. The van der Waals surface area contributed by atoms with Gasteiger partial charge in [-0.1, -0.05) is 0 Å². The number of nitro benzene ring substituents is 1. The number of fused-ring (bicyclic) bond motifs is 1. The molecule has 0 spiro atoms. The third-order valence-electron chi connectivity index (χ3n) is 3.09. The van der Waals surface area contributed by atoms with Crippen LogP contribution in [-0.4, -0.2) is 26.0 Å². The van der Waals surface area contributed by atoms with Gasteiger partial charge < -0.3 is 9.84 Å². The summed E-state index contributed by atoms with van der Waals surface area (Å²) in [4.78, 5) is 29.2. The Morgan fingerprint density at radius 2 is 2.00 bits per heavy atom. The predicted molar refractivity (Wildman–Crippen MR) is 79.7 cm³/mol. The zero-order valence-electron chi connectivity index (χ0n) is 11.5. The van der Waals surface area contributed by atoms with E-state index in [4.69, 9.17) is 9.84 Å². The fraction of sp³-hybridized carbons (Fsp3) is 0. The molecular formula is C15H9N3O5. The lowest BCUT2D eigenvalue weighted by Crippen LogP contribution is -1.97. The largest absolute Gasteiger partial charge is 0.478 e. The third-order valence-corrected chi connectivity index (χ3v) is 3.09. The molecule has 0 bridgehead atoms. The van der Waals surface area contributed by atoms with Crippen LogP contribution in [0.5, 0.6) is 11.6 Å². The standard InChI is InChI=1S/C15H9N3O5/c19-15(20)9-1-4-14(17-8-9)23-13-5-6-16-12-3-2-10(18(21)22)7-11(12)13/h1-8H,(H,19,20). The summed E-state index contributed by atoms with van der Waals surface area (Å²) in [5.41, 5.74) is 0.493. The second kappa shape index (κ2) is 5.68. The molecule has 0 saturated carbocycles. The van der Waals surface area contributed by atoms with E-state index >= 15 is 0 Å². The van der Waals surface area contributed by atoms with Gasteiger partial charge in [-0.15, -0.1) is 0 Å². The molecule has 1 N–H and O–H groups in total. The van der Waals surface area contributed by atoms with Crippen LogP contribution in [0.4, 0.5) is 5.69 Å². The van der Waals surface area contributed by atoms with Gasteiger partial charge in [0.15, 0.2) is 0 Å². The van der Waals surface area contributed by atoms with Crippen LogP contribution < -0.4 is 4.74 Å². The van der Waals surface area contributed by atoms with Crippen molar-refractivity contribution in [3.05, 3.63) is 64.5 Å². The molecule has 23 heavy (non-hydrogen) atoms. The molecule has 0 aliphatic carbocycles. The number of benzene rings is 1. The number of nitrogens with zero attached hydrogens (tertiary/aromatic N) is 3. The van der Waals surface area contributed by atoms with Crippen LogP contribution in [0.1, 0.15) is 10.4 Å². The minimum Gasteiger partial charge on any atom is -0.478 e. The van der Waals surface area contributed by atoms with Gasteiger partial charge in [0.1, 0.15) is 5.75 Å². The van der Waals surface area contributed by atoms with Crippen LogP contribution in [0.2, 0.25) is 0 Å². The number of carboxylic acids is 1. The highest BCUT2D eigenvalue weighted by Crippen LogP contribution is 2.30. The Morgan fingerprint density at radius 1 is 1.17 bits per heavy atom. The molecule has 114 valence electrons. The Kier molecular flexibility index (Phi) is 3.55. The van der Waals surface area contributed by atoms with Crippen LogP contribution in [0, 0.1) is 10.1 Å². The molecule has 3 rings (SSSR count). The Morgan fingerprint density at radius 3 is 2.65 bits per heavy atom. The molecule has 0 unspecified atom stereocenters. The lowest BCUT2D eigenvalue weighted by molar-refractivity contribution is -0.384. The number of carboxylic acid groups (broad SMARTS) is 1. The van der Waals surface area contributed by atoms with Crippen molar-refractivity contribution in [1.82, 2.24) is 9.97 Å². The van der Waals surface area contributed by atoms with E-state index in [1.54, 1.807) is 6.07 Å². The van der Waals surface area contributed by atoms with Crippen molar-refractivity contribution in [2.75, 3.05) is 0 Å². The number of hydrogen-bond acceptors (Lipinski definition) is 6. The molecule has 8 nitrogen and oxygen atoms in total. The number of rotatable bonds is 4. The summed E-state index contributed by atoms with van der Waals surface area (Å²) in [7, 11) is 0. The van der Waals surface area contributed by atoms with Gasteiger partial charge in [0.25, 0.3) is 5.69 Å². The molecule has 0 aliphatic heterocycles. The van der Waals surface area contributed by atoms with Gasteiger partial charge >= 0.3 is 5.97 Å². The summed E-state index contributed by atoms with van der Waals surface area (Å²) in [6, 6.07) is 8.58. The molecule has 0 atom stereocenters. The molecule has 2 aromatic heterocycles. The first-order chi connectivity index (χ1) is 11.0. The Bertz CT molecular complexity index is 909. The molecule has 2 heterocycles. The lowest BCUT2D eigenvalue weighted by atomic mass is 10.2. The molecular weight excluding hydrogens is 302 g/mol. The predicted octanol–water partition coefficient (Wildman–Crippen LogP) is 3.03. The highest BCUT2D eigenvalue weighted by molar-refractivity contribution is 5.88. The van der Waals surface area contributed by atoms with E-state index in [0.717, 1.165) is 0 Å². The van der Waals surface area contributed by atoms with Gasteiger partial charge in [-0.3, -0.25) is 15.1 Å². The molecule has 3 aromatic rings. The van der Waals surface area contributed by atoms with E-state index in [1.807, 2.05) is 0 Å². The SMILES string of the molecule is O=C(O)c1ccc(Oc2ccnc3ccc([N+](=O)[O-])cc23)nc1. The van der Waals surface area contributed by atoms with Crippen LogP contribution >= 0.6 is 0 Å². The molecule has 0 radical (unpaired) electrons. The Balaban J connectivity index is 2.00. The second-order valence-electron chi connectivity index (χ2n) is 4.56. The number of pyridine rings is 2. The molecule has 0 aliphatic rings. The van der Waals surface area contributed by atoms with E-state index in [-0.39, 0.29) is 17.1 Å². The number of aromatic carboxylic acids is 1. The van der Waals surface area contributed by atoms with Crippen molar-refractivity contribution in [2.45, 2.75) is 0 Å². The molecule has 0 fully saturated rings. The molecule has 1 aromatic carbocycles. The van der Waals surface area contributed by atoms with E-state index in [1.165, 1.54) is 42.7 Å². The van der Waals surface area contributed by atoms with Crippen LogP contribution in [0.15, 0.2) is 48.8 Å². The minimum atomic E-state index is -1.09. The smallest absolute Gasteiger partial charge is 0.337 e. The normalized spacial score (nSPS) is 10.4. The van der Waals surface area contributed by atoms with Crippen molar-refractivity contribution in [3.63, 3.8) is 0 Å². The highest BCUT2D eigenvalue weighted by Gasteiger charge is 2.12. The molecule has 0 saturated heterocycles. The Hall–Kier alpha value is -3.55. The zero-order valence-corrected chi connectivity index (χ0v) is 11.5. The van der Waals surface area contributed by atoms with Gasteiger partial charge in [-0.05, 0) is 18.2 Å². The van der Waals surface area contributed by atoms with Crippen molar-refractivity contribution >= 4 is 22.6 Å². The quantitative estimate of drug-likeness (QED) is 0.581. The maximum Gasteiger partial charge on any atom is 0.337 e. The third kappa shape index (κ3) is 2.91. The number of hydrogen-bond donors (Lipinski definition) is 1. The van der Waals surface area contributed by atoms with Gasteiger partial charge in [0.2, 0.25) is 5.88 Å². The van der Waals surface area contributed by atoms with E-state index in [0.29, 0.717) is 16.7 Å². The highest BCUT2D eigenvalue weighted by atomic mass is 16.6. The van der Waals surface area contributed by atoms with Gasteiger partial charge in [0, 0.05) is 36.0 Å². The number of non-ortho nitro benzene ring substituents is 1. The fourth-order valence-electron chi connectivity index (χ4n) is 1.99. The number of ether oxygens (including phenoxy) is 1. The first-order valence-corrected chi connectivity index (χ1v) is 6.45. The Labute approximate surface area is 129 Å². The van der Waals surface area contributed by atoms with E-state index in [2.05, 4.69) is 9.97 Å². The van der Waals surface area contributed by atoms with E-state index < -0.39 is 10.9 Å². The minimum absolute atomic E-state index is 0.0348. The fourth-order valence-corrected chi connectivity index (χ4v) is 1.99. The average molecular weight is 311 g/mol. The van der Waals surface area contributed by atoms with Gasteiger partial charge in [-0.25, -0.2) is 9.78 Å². The van der Waals surface area contributed by atoms with Crippen molar-refractivity contribution < 1.29 is 19.6 Å². The van der Waals surface area contributed by atoms with Crippen LogP contribution in [0.3, 0.4) is 0 Å². The van der Waals surface area contributed by atoms with Crippen molar-refractivity contribution in [2.24, 2.45) is 0 Å². The molecule has 0 amide bonds. The average Bonchev–Trinajstić information content (AvgIpc) is 2.55. The van der Waals surface area contributed by atoms with E-state index in [9.17, 15) is 14.9 Å². The van der Waals surface area contributed by atoms with Crippen LogP contribution in [0.25, 0.3) is 10.9 Å². The molecule has 8 heteroatoms. The maximum absolute atomic E-state index is 10.9. The van der Waals surface area contributed by atoms with Crippen LogP contribution in [-0.2, 0) is 0 Å². The summed E-state index contributed by atoms with van der Waals surface area (Å²) in [6.45, 7) is 0. The van der Waals surface area contributed by atoms with Crippen molar-refractivity contribution in [1.29, 1.82) is 0 Å². The number of nitro groups is 1. The first-order valence-electron chi connectivity index (χ1n) is 6.45. The zero-order chi connectivity index (χ0) is 16.4. The topological polar surface area (TPSA) is 115 Å². The summed E-state index contributed by atoms with van der Waals surface area (Å²) < 4.78 is 5.59. The lowest BCUT2D eigenvalue weighted by Gasteiger charge is -2.07. The summed E-state index contributed by atoms with van der Waals surface area (Å²) in [6.07, 6.45) is 2.68. The van der Waals surface area contributed by atoms with Gasteiger partial charge in [-0.2, -0.15) is 0 Å². The maximum atomic E-state index is 10.9. The monoisotopic (exact) mass is 311 g/mol. The van der Waals surface area contributed by atoms with Gasteiger partial charge in [0.05, 0.1) is 16.0 Å². The summed E-state index contributed by atoms with van der Waals surface area (Å²) in [5.74, 6) is -0.572.